The van der Waals surface area contributed by atoms with Crippen molar-refractivity contribution in [3.63, 3.8) is 0 Å². The number of carbonyl (C=O) groups is 2. The number of ether oxygens (including phenoxy) is 1. The highest BCUT2D eigenvalue weighted by atomic mass is 16.6. The van der Waals surface area contributed by atoms with Crippen LogP contribution in [0.4, 0.5) is 0 Å². The fourth-order valence-electron chi connectivity index (χ4n) is 9.08. The molecular weight excluding hydrogens is 476 g/mol. The van der Waals surface area contributed by atoms with E-state index in [1.165, 1.54) is 0 Å². The Morgan fingerprint density at radius 3 is 2.43 bits per heavy atom. The number of cyclic esters (lactones) is 1. The van der Waals surface area contributed by atoms with E-state index in [9.17, 15) is 35.1 Å². The molecule has 3 saturated carbocycles. The van der Waals surface area contributed by atoms with Crippen LogP contribution in [-0.2, 0) is 14.3 Å². The zero-order chi connectivity index (χ0) is 27.3. The molecule has 11 unspecified atom stereocenters. The van der Waals surface area contributed by atoms with Crippen LogP contribution in [-0.4, -0.2) is 72.9 Å². The van der Waals surface area contributed by atoms with E-state index in [1.54, 1.807) is 26.8 Å². The fraction of sp³-hybridized carbons (Fsp3) is 0.793. The van der Waals surface area contributed by atoms with Crippen LogP contribution in [0.2, 0.25) is 0 Å². The van der Waals surface area contributed by atoms with Crippen LogP contribution in [0.15, 0.2) is 22.8 Å². The molecule has 0 aromatic rings. The Morgan fingerprint density at radius 1 is 1.11 bits per heavy atom. The van der Waals surface area contributed by atoms with E-state index in [-0.39, 0.29) is 24.5 Å². The summed E-state index contributed by atoms with van der Waals surface area (Å²) >= 11 is 0. The molecule has 8 nitrogen and oxygen atoms in total. The minimum atomic E-state index is -1.47. The lowest BCUT2D eigenvalue weighted by atomic mass is 9.45. The average Bonchev–Trinajstić information content (AvgIpc) is 3.09. The molecular formula is C29H42O8. The maximum atomic E-state index is 13.4. The summed E-state index contributed by atoms with van der Waals surface area (Å²) in [7, 11) is 0. The van der Waals surface area contributed by atoms with Gasteiger partial charge >= 0.3 is 5.97 Å². The van der Waals surface area contributed by atoms with E-state index in [0.29, 0.717) is 48.8 Å². The molecule has 8 heteroatoms. The summed E-state index contributed by atoms with van der Waals surface area (Å²) < 4.78 is 5.69. The van der Waals surface area contributed by atoms with Crippen molar-refractivity contribution in [1.82, 2.24) is 0 Å². The normalized spacial score (nSPS) is 48.3. The molecule has 37 heavy (non-hydrogen) atoms. The molecule has 206 valence electrons. The van der Waals surface area contributed by atoms with Gasteiger partial charge in [-0.05, 0) is 93.8 Å². The summed E-state index contributed by atoms with van der Waals surface area (Å²) in [5.74, 6) is -1.59. The van der Waals surface area contributed by atoms with Gasteiger partial charge in [-0.3, -0.25) is 4.79 Å². The summed E-state index contributed by atoms with van der Waals surface area (Å²) in [5.41, 5.74) is -2.53. The Balaban J connectivity index is 1.50. The van der Waals surface area contributed by atoms with Gasteiger partial charge in [0.25, 0.3) is 0 Å². The van der Waals surface area contributed by atoms with Gasteiger partial charge in [-0.25, -0.2) is 4.79 Å². The molecule has 1 aliphatic heterocycles. The molecule has 0 saturated heterocycles. The lowest BCUT2D eigenvalue weighted by Crippen LogP contribution is -2.63. The van der Waals surface area contributed by atoms with E-state index < -0.39 is 64.3 Å². The van der Waals surface area contributed by atoms with Crippen molar-refractivity contribution < 1.29 is 39.9 Å². The van der Waals surface area contributed by atoms with Crippen molar-refractivity contribution in [1.29, 1.82) is 0 Å². The number of aliphatic hydroxyl groups is 5. The predicted octanol–water partition coefficient (Wildman–Crippen LogP) is 1.95. The van der Waals surface area contributed by atoms with Gasteiger partial charge < -0.3 is 30.3 Å². The molecule has 0 spiro atoms. The summed E-state index contributed by atoms with van der Waals surface area (Å²) in [4.78, 5) is 26.0. The Morgan fingerprint density at radius 2 is 1.78 bits per heavy atom. The molecule has 4 aliphatic carbocycles. The van der Waals surface area contributed by atoms with Gasteiger partial charge in [0.1, 0.15) is 11.7 Å². The van der Waals surface area contributed by atoms with Crippen molar-refractivity contribution in [2.24, 2.45) is 28.6 Å². The molecule has 3 fully saturated rings. The molecule has 11 atom stereocenters. The number of esters is 1. The topological polar surface area (TPSA) is 145 Å². The quantitative estimate of drug-likeness (QED) is 0.357. The van der Waals surface area contributed by atoms with Crippen molar-refractivity contribution in [3.8, 4) is 0 Å². The predicted molar refractivity (Wildman–Crippen MR) is 134 cm³/mol. The molecule has 0 amide bonds. The van der Waals surface area contributed by atoms with E-state index in [4.69, 9.17) is 4.74 Å². The first-order chi connectivity index (χ1) is 17.1. The van der Waals surface area contributed by atoms with Crippen molar-refractivity contribution in [2.75, 3.05) is 0 Å². The van der Waals surface area contributed by atoms with Crippen LogP contribution in [0.1, 0.15) is 79.6 Å². The second kappa shape index (κ2) is 8.46. The Bertz CT molecular complexity index is 1070. The Labute approximate surface area is 218 Å². The number of aliphatic hydroxyl groups excluding tert-OH is 3. The molecule has 0 radical (unpaired) electrons. The van der Waals surface area contributed by atoms with Crippen LogP contribution in [0.25, 0.3) is 0 Å². The first-order valence-corrected chi connectivity index (χ1v) is 13.7. The van der Waals surface area contributed by atoms with E-state index in [1.807, 2.05) is 13.8 Å². The van der Waals surface area contributed by atoms with Gasteiger partial charge in [-0.2, -0.15) is 0 Å². The highest BCUT2D eigenvalue weighted by molar-refractivity contribution is 5.95. The summed E-state index contributed by atoms with van der Waals surface area (Å²) in [6.45, 7) is 8.85. The number of fused-ring (bicyclic) bond motifs is 5. The zero-order valence-corrected chi connectivity index (χ0v) is 22.5. The van der Waals surface area contributed by atoms with Gasteiger partial charge in [0.2, 0.25) is 0 Å². The van der Waals surface area contributed by atoms with Crippen LogP contribution in [0, 0.1) is 28.6 Å². The molecule has 5 rings (SSSR count). The third-order valence-corrected chi connectivity index (χ3v) is 11.4. The van der Waals surface area contributed by atoms with Crippen LogP contribution >= 0.6 is 0 Å². The highest BCUT2D eigenvalue weighted by Crippen LogP contribution is 2.68. The number of allylic oxidation sites excluding steroid dienone is 1. The van der Waals surface area contributed by atoms with Gasteiger partial charge in [0, 0.05) is 23.3 Å². The van der Waals surface area contributed by atoms with E-state index in [0.717, 1.165) is 0 Å². The Kier molecular flexibility index (Phi) is 6.17. The van der Waals surface area contributed by atoms with E-state index >= 15 is 0 Å². The highest BCUT2D eigenvalue weighted by Gasteiger charge is 2.69. The first-order valence-electron chi connectivity index (χ1n) is 13.7. The first kappa shape index (κ1) is 27.0. The molecule has 1 heterocycles. The van der Waals surface area contributed by atoms with E-state index in [2.05, 4.69) is 0 Å². The number of hydrogen-bond acceptors (Lipinski definition) is 8. The second-order valence-corrected chi connectivity index (χ2v) is 13.2. The lowest BCUT2D eigenvalue weighted by molar-refractivity contribution is -0.191. The smallest absolute Gasteiger partial charge is 0.334 e. The Hall–Kier alpha value is -1.58. The van der Waals surface area contributed by atoms with Crippen molar-refractivity contribution in [2.45, 2.75) is 115 Å². The molecule has 0 bridgehead atoms. The van der Waals surface area contributed by atoms with Gasteiger partial charge in [-0.1, -0.05) is 13.8 Å². The minimum Gasteiger partial charge on any atom is -0.456 e. The average molecular weight is 519 g/mol. The zero-order valence-electron chi connectivity index (χ0n) is 22.5. The molecule has 0 aromatic carbocycles. The largest absolute Gasteiger partial charge is 0.456 e. The van der Waals surface area contributed by atoms with Gasteiger partial charge in [0.15, 0.2) is 5.78 Å². The van der Waals surface area contributed by atoms with Gasteiger partial charge in [-0.15, -0.1) is 0 Å². The lowest BCUT2D eigenvalue weighted by Gasteiger charge is -2.60. The maximum Gasteiger partial charge on any atom is 0.334 e. The SMILES string of the molecule is CC1=C(C(C)O)CC(C(C)(O)C2CCC3(O)C4=CC(=O)C5CC(O)C(O)CC5(C)C4CCC23C)OC1=O. The number of hydrogen-bond donors (Lipinski definition) is 5. The summed E-state index contributed by atoms with van der Waals surface area (Å²) in [5, 5.41) is 55.4. The van der Waals surface area contributed by atoms with Crippen LogP contribution < -0.4 is 0 Å². The number of ketones is 1. The number of carbonyl (C=O) groups excluding carboxylic acids is 2. The van der Waals surface area contributed by atoms with Crippen LogP contribution in [0.3, 0.4) is 0 Å². The minimum absolute atomic E-state index is 0.112. The van der Waals surface area contributed by atoms with Crippen molar-refractivity contribution in [3.05, 3.63) is 22.8 Å². The van der Waals surface area contributed by atoms with Crippen molar-refractivity contribution >= 4 is 11.8 Å². The maximum absolute atomic E-state index is 13.4. The second-order valence-electron chi connectivity index (χ2n) is 13.2. The molecule has 5 aliphatic rings. The molecule has 0 aromatic heterocycles. The molecule has 5 N–H and O–H groups in total. The summed E-state index contributed by atoms with van der Waals surface area (Å²) in [6, 6.07) is 0. The third-order valence-electron chi connectivity index (χ3n) is 11.4. The van der Waals surface area contributed by atoms with Gasteiger partial charge in [0.05, 0.1) is 23.9 Å². The third kappa shape index (κ3) is 3.59. The number of rotatable bonds is 3. The van der Waals surface area contributed by atoms with Crippen LogP contribution in [0.5, 0.6) is 0 Å². The standard InChI is InChI=1S/C29H42O8/c1-14-16(15(2)30)10-24(37-25(14)34)28(5,35)23-7-9-29(36)18-11-20(31)19-12-21(32)22(33)13-26(19,3)17(18)6-8-27(23,29)4/h11,15,17,19,21-24,30,32-33,35-36H,6-10,12-13H2,1-5H3. The summed E-state index contributed by atoms with van der Waals surface area (Å²) in [6.07, 6.45) is 0.917. The fourth-order valence-corrected chi connectivity index (χ4v) is 9.08. The monoisotopic (exact) mass is 518 g/mol.